The second-order valence-corrected chi connectivity index (χ2v) is 5.90. The molecule has 128 valence electrons. The van der Waals surface area contributed by atoms with E-state index in [1.807, 2.05) is 13.0 Å². The van der Waals surface area contributed by atoms with Gasteiger partial charge in [0.25, 0.3) is 0 Å². The first kappa shape index (κ1) is 16.4. The van der Waals surface area contributed by atoms with E-state index in [0.717, 1.165) is 12.0 Å². The largest absolute Gasteiger partial charge is 0.486 e. The van der Waals surface area contributed by atoms with Gasteiger partial charge in [-0.2, -0.15) is 5.10 Å². The number of fused-ring (bicyclic) bond motifs is 1. The normalized spacial score (nSPS) is 12.8. The highest BCUT2D eigenvalue weighted by Crippen LogP contribution is 2.35. The topological polar surface area (TPSA) is 77.4 Å². The number of hydrogen-bond acceptors (Lipinski definition) is 4. The Labute approximate surface area is 144 Å². The van der Waals surface area contributed by atoms with Crippen LogP contribution in [0, 0.1) is 6.92 Å². The maximum absolute atomic E-state index is 12.0. The predicted molar refractivity (Wildman–Crippen MR) is 91.0 cm³/mol. The first-order chi connectivity index (χ1) is 11.6. The number of carbonyl (C=O) groups excluding carboxylic acids is 1. The van der Waals surface area contributed by atoms with Crippen molar-refractivity contribution >= 4 is 23.3 Å². The van der Waals surface area contributed by atoms with Crippen LogP contribution in [0.3, 0.4) is 0 Å². The molecule has 2 heterocycles. The molecule has 1 aromatic heterocycles. The summed E-state index contributed by atoms with van der Waals surface area (Å²) in [7, 11) is 0. The molecule has 0 radical (unpaired) electrons. The molecule has 0 atom stereocenters. The van der Waals surface area contributed by atoms with Crippen molar-refractivity contribution < 1.29 is 14.3 Å². The Morgan fingerprint density at radius 1 is 1.33 bits per heavy atom. The Bertz CT molecular complexity index is 732. The van der Waals surface area contributed by atoms with Crippen LogP contribution in [-0.4, -0.2) is 35.6 Å². The molecule has 24 heavy (non-hydrogen) atoms. The van der Waals surface area contributed by atoms with E-state index in [9.17, 15) is 4.79 Å². The summed E-state index contributed by atoms with van der Waals surface area (Å²) in [6.07, 6.45) is 4.10. The molecule has 0 saturated heterocycles. The smallest absolute Gasteiger partial charge is 0.319 e. The zero-order chi connectivity index (χ0) is 16.9. The van der Waals surface area contributed by atoms with Crippen LogP contribution in [0.4, 0.5) is 10.5 Å². The van der Waals surface area contributed by atoms with Crippen LogP contribution in [0.25, 0.3) is 0 Å². The van der Waals surface area contributed by atoms with E-state index in [1.54, 1.807) is 23.1 Å². The molecular weight excluding hydrogens is 332 g/mol. The molecule has 0 bridgehead atoms. The molecule has 0 fully saturated rings. The van der Waals surface area contributed by atoms with E-state index in [4.69, 9.17) is 21.1 Å². The fourth-order valence-corrected chi connectivity index (χ4v) is 2.55. The monoisotopic (exact) mass is 350 g/mol. The number of halogens is 1. The van der Waals surface area contributed by atoms with Gasteiger partial charge in [0.05, 0.1) is 11.2 Å². The number of anilines is 1. The average Bonchev–Trinajstić information content (AvgIpc) is 2.98. The summed E-state index contributed by atoms with van der Waals surface area (Å²) in [5, 5.41) is 10.3. The number of aryl methyl sites for hydroxylation is 2. The third kappa shape index (κ3) is 4.11. The van der Waals surface area contributed by atoms with Crippen molar-refractivity contribution in [2.24, 2.45) is 0 Å². The Balaban J connectivity index is 1.48. The zero-order valence-corrected chi connectivity index (χ0v) is 14.1. The first-order valence-electron chi connectivity index (χ1n) is 7.75. The van der Waals surface area contributed by atoms with Gasteiger partial charge in [-0.3, -0.25) is 4.68 Å². The van der Waals surface area contributed by atoms with Gasteiger partial charge in [0, 0.05) is 31.0 Å². The fraction of sp³-hybridized carbons (Fsp3) is 0.375. The standard InChI is InChI=1S/C16H19ClN4O3/c1-11-7-14-15(24-6-5-23-14)8-13(11)20-16(22)18-3-2-4-21-10-12(17)9-19-21/h7-10H,2-6H2,1H3,(H2,18,20,22). The van der Waals surface area contributed by atoms with Crippen molar-refractivity contribution in [1.29, 1.82) is 0 Å². The van der Waals surface area contributed by atoms with Gasteiger partial charge >= 0.3 is 6.03 Å². The lowest BCUT2D eigenvalue weighted by Gasteiger charge is -2.20. The van der Waals surface area contributed by atoms with Gasteiger partial charge in [0.2, 0.25) is 0 Å². The van der Waals surface area contributed by atoms with E-state index in [1.165, 1.54) is 0 Å². The van der Waals surface area contributed by atoms with E-state index >= 15 is 0 Å². The summed E-state index contributed by atoms with van der Waals surface area (Å²) >= 11 is 5.80. The molecule has 2 N–H and O–H groups in total. The SMILES string of the molecule is Cc1cc2c(cc1NC(=O)NCCCn1cc(Cl)cn1)OCCO2. The number of benzene rings is 1. The molecule has 3 rings (SSSR count). The van der Waals surface area contributed by atoms with Crippen LogP contribution >= 0.6 is 11.6 Å². The summed E-state index contributed by atoms with van der Waals surface area (Å²) < 4.78 is 12.8. The molecule has 1 aliphatic heterocycles. The van der Waals surface area contributed by atoms with Crippen molar-refractivity contribution in [3.63, 3.8) is 0 Å². The molecule has 8 heteroatoms. The van der Waals surface area contributed by atoms with E-state index in [0.29, 0.717) is 48.5 Å². The third-order valence-electron chi connectivity index (χ3n) is 3.59. The number of urea groups is 1. The van der Waals surface area contributed by atoms with Crippen LogP contribution < -0.4 is 20.1 Å². The second-order valence-electron chi connectivity index (χ2n) is 5.47. The van der Waals surface area contributed by atoms with Crippen LogP contribution in [0.15, 0.2) is 24.5 Å². The number of aromatic nitrogens is 2. The molecular formula is C16H19ClN4O3. The maximum atomic E-state index is 12.0. The number of ether oxygens (including phenoxy) is 2. The Morgan fingerprint density at radius 2 is 2.08 bits per heavy atom. The van der Waals surface area contributed by atoms with Crippen LogP contribution in [-0.2, 0) is 6.54 Å². The Kier molecular flexibility index (Phi) is 5.10. The van der Waals surface area contributed by atoms with E-state index < -0.39 is 0 Å². The minimum atomic E-state index is -0.256. The molecule has 7 nitrogen and oxygen atoms in total. The summed E-state index contributed by atoms with van der Waals surface area (Å²) in [4.78, 5) is 12.0. The highest BCUT2D eigenvalue weighted by atomic mass is 35.5. The summed E-state index contributed by atoms with van der Waals surface area (Å²) in [6.45, 7) is 4.19. The molecule has 1 aliphatic rings. The quantitative estimate of drug-likeness (QED) is 0.813. The van der Waals surface area contributed by atoms with Gasteiger partial charge in [-0.15, -0.1) is 0 Å². The number of nitrogens with one attached hydrogen (secondary N) is 2. The van der Waals surface area contributed by atoms with Crippen molar-refractivity contribution in [1.82, 2.24) is 15.1 Å². The number of rotatable bonds is 5. The summed E-state index contributed by atoms with van der Waals surface area (Å²) in [6, 6.07) is 3.40. The van der Waals surface area contributed by atoms with Crippen LogP contribution in [0.1, 0.15) is 12.0 Å². The number of hydrogen-bond donors (Lipinski definition) is 2. The van der Waals surface area contributed by atoms with Gasteiger partial charge < -0.3 is 20.1 Å². The van der Waals surface area contributed by atoms with Gasteiger partial charge in [0.15, 0.2) is 11.5 Å². The lowest BCUT2D eigenvalue weighted by molar-refractivity contribution is 0.171. The Hall–Kier alpha value is -2.41. The molecule has 1 aromatic carbocycles. The predicted octanol–water partition coefficient (Wildman–Crippen LogP) is 2.83. The van der Waals surface area contributed by atoms with Crippen molar-refractivity contribution in [2.75, 3.05) is 25.1 Å². The van der Waals surface area contributed by atoms with Crippen molar-refractivity contribution in [3.05, 3.63) is 35.1 Å². The molecule has 0 unspecified atom stereocenters. The fourth-order valence-electron chi connectivity index (χ4n) is 2.40. The maximum Gasteiger partial charge on any atom is 0.319 e. The van der Waals surface area contributed by atoms with Crippen molar-refractivity contribution in [3.8, 4) is 11.5 Å². The van der Waals surface area contributed by atoms with E-state index in [2.05, 4.69) is 15.7 Å². The summed E-state index contributed by atoms with van der Waals surface area (Å²) in [5.41, 5.74) is 1.62. The highest BCUT2D eigenvalue weighted by molar-refractivity contribution is 6.30. The average molecular weight is 351 g/mol. The number of carbonyl (C=O) groups is 1. The molecule has 0 aliphatic carbocycles. The first-order valence-corrected chi connectivity index (χ1v) is 8.12. The third-order valence-corrected chi connectivity index (χ3v) is 3.78. The molecule has 0 saturated carbocycles. The molecule has 2 amide bonds. The van der Waals surface area contributed by atoms with Crippen LogP contribution in [0.5, 0.6) is 11.5 Å². The zero-order valence-electron chi connectivity index (χ0n) is 13.3. The minimum Gasteiger partial charge on any atom is -0.486 e. The van der Waals surface area contributed by atoms with Gasteiger partial charge in [-0.25, -0.2) is 4.79 Å². The van der Waals surface area contributed by atoms with Gasteiger partial charge in [-0.05, 0) is 25.0 Å². The second kappa shape index (κ2) is 7.44. The lowest BCUT2D eigenvalue weighted by Crippen LogP contribution is -2.30. The van der Waals surface area contributed by atoms with E-state index in [-0.39, 0.29) is 6.03 Å². The van der Waals surface area contributed by atoms with Crippen LogP contribution in [0.2, 0.25) is 5.02 Å². The Morgan fingerprint density at radius 3 is 2.79 bits per heavy atom. The number of nitrogens with zero attached hydrogens (tertiary/aromatic N) is 2. The molecule has 0 spiro atoms. The lowest BCUT2D eigenvalue weighted by atomic mass is 10.1. The van der Waals surface area contributed by atoms with Gasteiger partial charge in [-0.1, -0.05) is 11.6 Å². The minimum absolute atomic E-state index is 0.256. The molecule has 2 aromatic rings. The van der Waals surface area contributed by atoms with Gasteiger partial charge in [0.1, 0.15) is 13.2 Å². The number of amides is 2. The highest BCUT2D eigenvalue weighted by Gasteiger charge is 2.15. The van der Waals surface area contributed by atoms with Crippen molar-refractivity contribution in [2.45, 2.75) is 19.9 Å². The summed E-state index contributed by atoms with van der Waals surface area (Å²) in [5.74, 6) is 1.36.